The molecule has 0 aliphatic heterocycles. The summed E-state index contributed by atoms with van der Waals surface area (Å²) in [4.78, 5) is 12.1. The van der Waals surface area contributed by atoms with Crippen molar-refractivity contribution in [3.63, 3.8) is 0 Å². The van der Waals surface area contributed by atoms with Crippen LogP contribution in [-0.4, -0.2) is 12.5 Å². The molecule has 0 aliphatic carbocycles. The number of nitrogens with zero attached hydrogens (tertiary/aromatic N) is 1. The summed E-state index contributed by atoms with van der Waals surface area (Å²) in [6.45, 7) is -0.136. The Kier molecular flexibility index (Phi) is 4.75. The van der Waals surface area contributed by atoms with E-state index in [1.807, 2.05) is 6.07 Å². The predicted molar refractivity (Wildman–Crippen MR) is 76.9 cm³/mol. The molecule has 0 saturated heterocycles. The molecule has 1 amide bonds. The maximum Gasteiger partial charge on any atom is 0.255 e. The number of para-hydroxylation sites is 2. The minimum atomic E-state index is -0.668. The molecule has 2 aromatic rings. The van der Waals surface area contributed by atoms with Crippen LogP contribution in [-0.2, 0) is 0 Å². The fourth-order valence-electron chi connectivity index (χ4n) is 1.64. The Morgan fingerprint density at radius 3 is 2.81 bits per heavy atom. The molecule has 21 heavy (non-hydrogen) atoms. The molecule has 4 nitrogen and oxygen atoms in total. The lowest BCUT2D eigenvalue weighted by Gasteiger charge is -2.10. The van der Waals surface area contributed by atoms with Gasteiger partial charge in [0, 0.05) is 5.56 Å². The van der Waals surface area contributed by atoms with E-state index in [4.69, 9.17) is 21.6 Å². The van der Waals surface area contributed by atoms with Crippen LogP contribution in [0.5, 0.6) is 5.75 Å². The van der Waals surface area contributed by atoms with Crippen molar-refractivity contribution in [1.29, 1.82) is 5.26 Å². The number of nitrogens with one attached hydrogen (secondary N) is 1. The molecule has 0 aliphatic rings. The monoisotopic (exact) mass is 304 g/mol. The van der Waals surface area contributed by atoms with Gasteiger partial charge in [0.1, 0.15) is 17.6 Å². The molecule has 0 heterocycles. The van der Waals surface area contributed by atoms with E-state index in [9.17, 15) is 9.18 Å². The Hall–Kier alpha value is -2.58. The second-order valence-corrected chi connectivity index (χ2v) is 4.43. The Balaban J connectivity index is 2.19. The fraction of sp³-hybridized carbons (Fsp3) is 0.0667. The Labute approximate surface area is 125 Å². The van der Waals surface area contributed by atoms with Gasteiger partial charge in [-0.25, -0.2) is 4.39 Å². The molecule has 2 aromatic carbocycles. The number of benzene rings is 2. The number of nitriles is 1. The molecule has 0 saturated carbocycles. The van der Waals surface area contributed by atoms with Crippen LogP contribution in [0.4, 0.5) is 10.1 Å². The van der Waals surface area contributed by atoms with Crippen molar-refractivity contribution in [2.45, 2.75) is 0 Å². The highest BCUT2D eigenvalue weighted by molar-refractivity contribution is 6.30. The van der Waals surface area contributed by atoms with Crippen LogP contribution in [0, 0.1) is 17.1 Å². The van der Waals surface area contributed by atoms with Crippen LogP contribution in [0.1, 0.15) is 10.4 Å². The van der Waals surface area contributed by atoms with E-state index in [0.717, 1.165) is 6.07 Å². The number of carbonyl (C=O) groups is 1. The summed E-state index contributed by atoms with van der Waals surface area (Å²) in [6, 6.07) is 12.3. The fourth-order valence-corrected chi connectivity index (χ4v) is 1.76. The number of halogens is 2. The van der Waals surface area contributed by atoms with Gasteiger partial charge in [0.25, 0.3) is 5.91 Å². The molecule has 0 bridgehead atoms. The molecule has 106 valence electrons. The third-order valence-electron chi connectivity index (χ3n) is 2.61. The smallest absolute Gasteiger partial charge is 0.255 e. The summed E-state index contributed by atoms with van der Waals surface area (Å²) in [5.41, 5.74) is 0.528. The van der Waals surface area contributed by atoms with Crippen LogP contribution in [0.15, 0.2) is 42.5 Å². The lowest BCUT2D eigenvalue weighted by Crippen LogP contribution is -2.13. The maximum absolute atomic E-state index is 13.4. The van der Waals surface area contributed by atoms with E-state index < -0.39 is 11.7 Å². The molecule has 0 spiro atoms. The van der Waals surface area contributed by atoms with Crippen molar-refractivity contribution in [2.75, 3.05) is 11.9 Å². The van der Waals surface area contributed by atoms with Crippen molar-refractivity contribution in [3.8, 4) is 11.8 Å². The third-order valence-corrected chi connectivity index (χ3v) is 2.92. The van der Waals surface area contributed by atoms with Gasteiger partial charge in [-0.2, -0.15) is 5.26 Å². The van der Waals surface area contributed by atoms with E-state index in [0.29, 0.717) is 11.4 Å². The summed E-state index contributed by atoms with van der Waals surface area (Å²) in [7, 11) is 0. The standard InChI is InChI=1S/C15H10ClFN2O2/c16-11-6-5-10(9-12(11)17)15(20)19-13-3-1-2-4-14(13)21-8-7-18/h1-6,9H,8H2,(H,19,20). The van der Waals surface area contributed by atoms with Crippen LogP contribution in [0.3, 0.4) is 0 Å². The highest BCUT2D eigenvalue weighted by Gasteiger charge is 2.11. The lowest BCUT2D eigenvalue weighted by atomic mass is 10.2. The number of rotatable bonds is 4. The van der Waals surface area contributed by atoms with Gasteiger partial charge in [0.2, 0.25) is 0 Å². The van der Waals surface area contributed by atoms with Crippen LogP contribution >= 0.6 is 11.6 Å². The third kappa shape index (κ3) is 3.71. The van der Waals surface area contributed by atoms with Gasteiger partial charge in [0.05, 0.1) is 10.7 Å². The number of hydrogen-bond acceptors (Lipinski definition) is 3. The number of carbonyl (C=O) groups excluding carboxylic acids is 1. The van der Waals surface area contributed by atoms with Crippen LogP contribution < -0.4 is 10.1 Å². The summed E-state index contributed by atoms with van der Waals surface area (Å²) in [6.07, 6.45) is 0. The van der Waals surface area contributed by atoms with Crippen molar-refractivity contribution in [2.24, 2.45) is 0 Å². The summed E-state index contributed by atoms with van der Waals surface area (Å²) < 4.78 is 18.5. The van der Waals surface area contributed by atoms with E-state index >= 15 is 0 Å². The number of hydrogen-bond donors (Lipinski definition) is 1. The first-order chi connectivity index (χ1) is 10.1. The maximum atomic E-state index is 13.4. The predicted octanol–water partition coefficient (Wildman–Crippen LogP) is 3.63. The van der Waals surface area contributed by atoms with Gasteiger partial charge in [-0.3, -0.25) is 4.79 Å². The topological polar surface area (TPSA) is 62.1 Å². The second kappa shape index (κ2) is 6.73. The largest absolute Gasteiger partial charge is 0.477 e. The van der Waals surface area contributed by atoms with E-state index in [1.165, 1.54) is 12.1 Å². The normalized spacial score (nSPS) is 9.76. The molecule has 6 heteroatoms. The summed E-state index contributed by atoms with van der Waals surface area (Å²) in [5, 5.41) is 11.1. The Morgan fingerprint density at radius 2 is 2.10 bits per heavy atom. The molecule has 1 N–H and O–H groups in total. The number of ether oxygens (including phenoxy) is 1. The average Bonchev–Trinajstić information content (AvgIpc) is 2.49. The van der Waals surface area contributed by atoms with Crippen molar-refractivity contribution in [3.05, 3.63) is 58.9 Å². The molecular weight excluding hydrogens is 295 g/mol. The van der Waals surface area contributed by atoms with Gasteiger partial charge >= 0.3 is 0 Å². The zero-order valence-corrected chi connectivity index (χ0v) is 11.5. The molecule has 0 aromatic heterocycles. The quantitative estimate of drug-likeness (QED) is 0.938. The first-order valence-electron chi connectivity index (χ1n) is 5.97. The molecular formula is C15H10ClFN2O2. The Morgan fingerprint density at radius 1 is 1.33 bits per heavy atom. The van der Waals surface area contributed by atoms with E-state index in [-0.39, 0.29) is 17.2 Å². The van der Waals surface area contributed by atoms with Gasteiger partial charge in [-0.05, 0) is 30.3 Å². The first-order valence-corrected chi connectivity index (χ1v) is 6.35. The summed E-state index contributed by atoms with van der Waals surface area (Å²) in [5.74, 6) is -0.807. The SMILES string of the molecule is N#CCOc1ccccc1NC(=O)c1ccc(Cl)c(F)c1. The van der Waals surface area contributed by atoms with Crippen molar-refractivity contribution < 1.29 is 13.9 Å². The number of anilines is 1. The van der Waals surface area contributed by atoms with Crippen LogP contribution in [0.2, 0.25) is 5.02 Å². The van der Waals surface area contributed by atoms with E-state index in [2.05, 4.69) is 5.32 Å². The van der Waals surface area contributed by atoms with Crippen LogP contribution in [0.25, 0.3) is 0 Å². The highest BCUT2D eigenvalue weighted by Crippen LogP contribution is 2.24. The van der Waals surface area contributed by atoms with E-state index in [1.54, 1.807) is 24.3 Å². The van der Waals surface area contributed by atoms with Gasteiger partial charge < -0.3 is 10.1 Å². The van der Waals surface area contributed by atoms with Gasteiger partial charge in [0.15, 0.2) is 6.61 Å². The zero-order valence-electron chi connectivity index (χ0n) is 10.8. The molecule has 0 fully saturated rings. The molecule has 0 atom stereocenters. The van der Waals surface area contributed by atoms with Crippen molar-refractivity contribution >= 4 is 23.2 Å². The van der Waals surface area contributed by atoms with Gasteiger partial charge in [-0.1, -0.05) is 23.7 Å². The van der Waals surface area contributed by atoms with Crippen molar-refractivity contribution in [1.82, 2.24) is 0 Å². The first kappa shape index (κ1) is 14.8. The average molecular weight is 305 g/mol. The Bertz CT molecular complexity index is 713. The lowest BCUT2D eigenvalue weighted by molar-refractivity contribution is 0.102. The molecule has 2 rings (SSSR count). The molecule has 0 unspecified atom stereocenters. The second-order valence-electron chi connectivity index (χ2n) is 4.03. The highest BCUT2D eigenvalue weighted by atomic mass is 35.5. The minimum absolute atomic E-state index is 0.0516. The molecule has 0 radical (unpaired) electrons. The summed E-state index contributed by atoms with van der Waals surface area (Å²) >= 11 is 5.57. The van der Waals surface area contributed by atoms with Gasteiger partial charge in [-0.15, -0.1) is 0 Å². The number of amides is 1. The zero-order chi connectivity index (χ0) is 15.2. The minimum Gasteiger partial charge on any atom is -0.477 e.